The number of rotatable bonds is 4. The van der Waals surface area contributed by atoms with Crippen LogP contribution in [0.25, 0.3) is 0 Å². The molecule has 0 radical (unpaired) electrons. The first-order chi connectivity index (χ1) is 7.77. The van der Waals surface area contributed by atoms with E-state index in [1.807, 2.05) is 4.90 Å². The maximum atomic E-state index is 11.9. The van der Waals surface area contributed by atoms with Gasteiger partial charge in [-0.1, -0.05) is 39.5 Å². The second-order valence-corrected chi connectivity index (χ2v) is 4.77. The summed E-state index contributed by atoms with van der Waals surface area (Å²) in [6.45, 7) is 7.09. The quantitative estimate of drug-likeness (QED) is 0.785. The third-order valence-corrected chi connectivity index (χ3v) is 3.59. The smallest absolute Gasteiger partial charge is 0.317 e. The Balaban J connectivity index is 2.27. The molecule has 0 unspecified atom stereocenters. The van der Waals surface area contributed by atoms with Gasteiger partial charge in [0, 0.05) is 19.6 Å². The van der Waals surface area contributed by atoms with Crippen LogP contribution in [-0.2, 0) is 0 Å². The Morgan fingerprint density at radius 3 is 2.19 bits per heavy atom. The highest BCUT2D eigenvalue weighted by molar-refractivity contribution is 5.74. The lowest BCUT2D eigenvalue weighted by Crippen LogP contribution is -2.42. The van der Waals surface area contributed by atoms with Gasteiger partial charge in [-0.05, 0) is 18.8 Å². The Bertz CT molecular complexity index is 194. The topological polar surface area (TPSA) is 32.3 Å². The maximum absolute atomic E-state index is 11.9. The van der Waals surface area contributed by atoms with Crippen molar-refractivity contribution in [1.29, 1.82) is 0 Å². The number of amides is 2. The fourth-order valence-corrected chi connectivity index (χ4v) is 2.19. The first-order valence-corrected chi connectivity index (χ1v) is 6.80. The molecule has 0 aliphatic carbocycles. The molecular formula is C13H26N2O. The lowest BCUT2D eigenvalue weighted by molar-refractivity contribution is 0.197. The molecule has 1 fully saturated rings. The number of nitrogens with one attached hydrogen (secondary N) is 1. The van der Waals surface area contributed by atoms with Crippen molar-refractivity contribution in [3.63, 3.8) is 0 Å². The monoisotopic (exact) mass is 226 g/mol. The molecule has 16 heavy (non-hydrogen) atoms. The Hall–Kier alpha value is -0.730. The van der Waals surface area contributed by atoms with E-state index in [-0.39, 0.29) is 6.03 Å². The molecular weight excluding hydrogens is 200 g/mol. The van der Waals surface area contributed by atoms with E-state index in [9.17, 15) is 4.79 Å². The Morgan fingerprint density at radius 1 is 1.12 bits per heavy atom. The molecule has 1 saturated heterocycles. The summed E-state index contributed by atoms with van der Waals surface area (Å²) in [4.78, 5) is 13.9. The van der Waals surface area contributed by atoms with Gasteiger partial charge in [0.1, 0.15) is 0 Å². The average Bonchev–Trinajstić information content (AvgIpc) is 2.58. The van der Waals surface area contributed by atoms with Crippen LogP contribution in [0.2, 0.25) is 0 Å². The molecule has 0 spiro atoms. The molecule has 3 heteroatoms. The molecule has 1 N–H and O–H groups in total. The fourth-order valence-electron chi connectivity index (χ4n) is 2.19. The van der Waals surface area contributed by atoms with Crippen LogP contribution in [0.4, 0.5) is 4.79 Å². The minimum atomic E-state index is 0.147. The van der Waals surface area contributed by atoms with Crippen molar-refractivity contribution >= 4 is 6.03 Å². The molecule has 1 heterocycles. The molecule has 94 valence electrons. The molecule has 0 bridgehead atoms. The summed E-state index contributed by atoms with van der Waals surface area (Å²) in [5, 5.41) is 3.07. The summed E-state index contributed by atoms with van der Waals surface area (Å²) in [5.74, 6) is 0.635. The third-order valence-electron chi connectivity index (χ3n) is 3.59. The summed E-state index contributed by atoms with van der Waals surface area (Å²) in [6, 6.07) is 0.147. The normalized spacial score (nSPS) is 17.3. The van der Waals surface area contributed by atoms with Gasteiger partial charge in [0.25, 0.3) is 0 Å². The highest BCUT2D eigenvalue weighted by Gasteiger charge is 2.15. The number of carbonyl (C=O) groups excluding carboxylic acids is 1. The molecule has 0 aromatic rings. The first-order valence-electron chi connectivity index (χ1n) is 6.80. The van der Waals surface area contributed by atoms with Crippen LogP contribution in [0.3, 0.4) is 0 Å². The van der Waals surface area contributed by atoms with Crippen molar-refractivity contribution in [2.75, 3.05) is 19.6 Å². The summed E-state index contributed by atoms with van der Waals surface area (Å²) in [5.41, 5.74) is 0. The average molecular weight is 226 g/mol. The molecule has 3 nitrogen and oxygen atoms in total. The summed E-state index contributed by atoms with van der Waals surface area (Å²) in [7, 11) is 0. The van der Waals surface area contributed by atoms with Crippen molar-refractivity contribution in [2.45, 2.75) is 52.4 Å². The second kappa shape index (κ2) is 7.53. The zero-order valence-electron chi connectivity index (χ0n) is 10.8. The van der Waals surface area contributed by atoms with Gasteiger partial charge >= 0.3 is 6.03 Å². The van der Waals surface area contributed by atoms with E-state index in [0.29, 0.717) is 5.92 Å². The molecule has 1 aliphatic heterocycles. The molecule has 0 aromatic heterocycles. The molecule has 0 saturated carbocycles. The highest BCUT2D eigenvalue weighted by Crippen LogP contribution is 2.10. The largest absolute Gasteiger partial charge is 0.338 e. The van der Waals surface area contributed by atoms with Crippen LogP contribution in [0.1, 0.15) is 52.4 Å². The summed E-state index contributed by atoms with van der Waals surface area (Å²) >= 11 is 0. The van der Waals surface area contributed by atoms with Crippen LogP contribution in [-0.4, -0.2) is 30.6 Å². The Kier molecular flexibility index (Phi) is 6.27. The lowest BCUT2D eigenvalue weighted by Gasteiger charge is -2.22. The van der Waals surface area contributed by atoms with E-state index in [1.54, 1.807) is 0 Å². The van der Waals surface area contributed by atoms with Gasteiger partial charge in [-0.2, -0.15) is 0 Å². The predicted octanol–water partition coefficient (Wildman–Crippen LogP) is 3.01. The third kappa shape index (κ3) is 4.42. The van der Waals surface area contributed by atoms with Gasteiger partial charge < -0.3 is 10.2 Å². The molecule has 1 aliphatic rings. The Labute approximate surface area is 99.6 Å². The van der Waals surface area contributed by atoms with Crippen molar-refractivity contribution in [2.24, 2.45) is 5.92 Å². The van der Waals surface area contributed by atoms with Crippen molar-refractivity contribution in [1.82, 2.24) is 10.2 Å². The minimum absolute atomic E-state index is 0.147. The fraction of sp³-hybridized carbons (Fsp3) is 0.923. The van der Waals surface area contributed by atoms with E-state index >= 15 is 0 Å². The Morgan fingerprint density at radius 2 is 1.69 bits per heavy atom. The van der Waals surface area contributed by atoms with Crippen LogP contribution < -0.4 is 5.32 Å². The van der Waals surface area contributed by atoms with E-state index in [0.717, 1.165) is 32.5 Å². The number of likely N-dealkylation sites (tertiary alicyclic amines) is 1. The number of urea groups is 1. The van der Waals surface area contributed by atoms with E-state index < -0.39 is 0 Å². The summed E-state index contributed by atoms with van der Waals surface area (Å²) in [6.07, 6.45) is 7.18. The molecule has 1 rings (SSSR count). The molecule has 2 amide bonds. The summed E-state index contributed by atoms with van der Waals surface area (Å²) < 4.78 is 0. The zero-order valence-corrected chi connectivity index (χ0v) is 10.8. The van der Waals surface area contributed by atoms with Crippen LogP contribution in [0, 0.1) is 5.92 Å². The number of nitrogens with zero attached hydrogens (tertiary/aromatic N) is 1. The van der Waals surface area contributed by atoms with Crippen LogP contribution in [0.5, 0.6) is 0 Å². The first kappa shape index (κ1) is 13.3. The van der Waals surface area contributed by atoms with Gasteiger partial charge in [-0.15, -0.1) is 0 Å². The van der Waals surface area contributed by atoms with Crippen molar-refractivity contribution < 1.29 is 4.79 Å². The number of carbonyl (C=O) groups is 1. The van der Waals surface area contributed by atoms with E-state index in [2.05, 4.69) is 19.2 Å². The number of hydrogen-bond acceptors (Lipinski definition) is 1. The van der Waals surface area contributed by atoms with Crippen LogP contribution >= 0.6 is 0 Å². The second-order valence-electron chi connectivity index (χ2n) is 4.77. The minimum Gasteiger partial charge on any atom is -0.338 e. The van der Waals surface area contributed by atoms with E-state index in [1.165, 1.54) is 25.7 Å². The lowest BCUT2D eigenvalue weighted by atomic mass is 10.0. The predicted molar refractivity (Wildman–Crippen MR) is 67.5 cm³/mol. The van der Waals surface area contributed by atoms with Crippen LogP contribution in [0.15, 0.2) is 0 Å². The maximum Gasteiger partial charge on any atom is 0.317 e. The van der Waals surface area contributed by atoms with Gasteiger partial charge in [0.05, 0.1) is 0 Å². The van der Waals surface area contributed by atoms with Gasteiger partial charge in [0.15, 0.2) is 0 Å². The van der Waals surface area contributed by atoms with Crippen molar-refractivity contribution in [3.8, 4) is 0 Å². The van der Waals surface area contributed by atoms with Gasteiger partial charge in [-0.3, -0.25) is 0 Å². The van der Waals surface area contributed by atoms with Gasteiger partial charge in [-0.25, -0.2) is 4.79 Å². The van der Waals surface area contributed by atoms with Gasteiger partial charge in [0.2, 0.25) is 0 Å². The highest BCUT2D eigenvalue weighted by atomic mass is 16.2. The number of hydrogen-bond donors (Lipinski definition) is 1. The zero-order chi connectivity index (χ0) is 11.8. The molecule has 0 atom stereocenters. The standard InChI is InChI=1S/C13H26N2O/c1-3-12(4-2)11-14-13(16)15-9-7-5-6-8-10-15/h12H,3-11H2,1-2H3,(H,14,16). The van der Waals surface area contributed by atoms with Crippen molar-refractivity contribution in [3.05, 3.63) is 0 Å². The SMILES string of the molecule is CCC(CC)CNC(=O)N1CCCCCC1. The molecule has 0 aromatic carbocycles. The van der Waals surface area contributed by atoms with E-state index in [4.69, 9.17) is 0 Å².